The Morgan fingerprint density at radius 2 is 1.85 bits per heavy atom. The molecule has 0 bridgehead atoms. The fraction of sp³-hybridized carbons (Fsp3) is 0.562. The zero-order valence-corrected chi connectivity index (χ0v) is 17.0. The summed E-state index contributed by atoms with van der Waals surface area (Å²) in [6, 6.07) is 5.05. The van der Waals surface area contributed by atoms with Gasteiger partial charge in [-0.3, -0.25) is 4.99 Å². The quantitative estimate of drug-likeness (QED) is 0.215. The van der Waals surface area contributed by atoms with Gasteiger partial charge in [0.05, 0.1) is 19.3 Å². The second-order valence-corrected chi connectivity index (χ2v) is 4.98. The summed E-state index contributed by atoms with van der Waals surface area (Å²) in [5, 5.41) is 16.2. The summed E-state index contributed by atoms with van der Waals surface area (Å²) < 4.78 is 45.4. The van der Waals surface area contributed by atoms with Gasteiger partial charge in [-0.1, -0.05) is 12.1 Å². The Morgan fingerprint density at radius 1 is 1.19 bits per heavy atom. The van der Waals surface area contributed by atoms with Crippen molar-refractivity contribution in [1.29, 1.82) is 0 Å². The monoisotopic (exact) mass is 491 g/mol. The molecule has 0 amide bonds. The average Bonchev–Trinajstić information content (AvgIpc) is 2.55. The van der Waals surface area contributed by atoms with Gasteiger partial charge >= 0.3 is 6.36 Å². The van der Waals surface area contributed by atoms with Gasteiger partial charge in [-0.15, -0.1) is 37.1 Å². The van der Waals surface area contributed by atoms with Crippen molar-refractivity contribution in [3.05, 3.63) is 29.8 Å². The second-order valence-electron chi connectivity index (χ2n) is 4.98. The summed E-state index contributed by atoms with van der Waals surface area (Å²) in [7, 11) is 0. The lowest BCUT2D eigenvalue weighted by Gasteiger charge is -2.14. The highest BCUT2D eigenvalue weighted by Crippen LogP contribution is 2.24. The van der Waals surface area contributed by atoms with Gasteiger partial charge in [0.15, 0.2) is 5.96 Å². The smallest absolute Gasteiger partial charge is 0.406 e. The van der Waals surface area contributed by atoms with E-state index in [-0.39, 0.29) is 36.3 Å². The molecule has 1 rings (SSSR count). The van der Waals surface area contributed by atoms with Crippen molar-refractivity contribution < 1.29 is 27.8 Å². The van der Waals surface area contributed by atoms with E-state index in [0.717, 1.165) is 12.1 Å². The number of guanidine groups is 1. The van der Waals surface area contributed by atoms with E-state index in [1.807, 2.05) is 13.8 Å². The number of ether oxygens (including phenoxy) is 2. The third-order valence-corrected chi connectivity index (χ3v) is 3.01. The van der Waals surface area contributed by atoms with Gasteiger partial charge in [0.2, 0.25) is 0 Å². The van der Waals surface area contributed by atoms with E-state index in [0.29, 0.717) is 37.8 Å². The van der Waals surface area contributed by atoms with E-state index >= 15 is 0 Å². The summed E-state index contributed by atoms with van der Waals surface area (Å²) in [6.07, 6.45) is -5.68. The van der Waals surface area contributed by atoms with E-state index < -0.39 is 12.5 Å². The number of nitrogens with one attached hydrogen (secondary N) is 2. The molecule has 0 aliphatic rings. The van der Waals surface area contributed by atoms with Crippen molar-refractivity contribution in [2.75, 3.05) is 32.8 Å². The van der Waals surface area contributed by atoms with E-state index in [9.17, 15) is 18.3 Å². The van der Waals surface area contributed by atoms with E-state index in [2.05, 4.69) is 20.4 Å². The van der Waals surface area contributed by atoms with Crippen LogP contribution >= 0.6 is 24.0 Å². The van der Waals surface area contributed by atoms with Crippen molar-refractivity contribution >= 4 is 29.9 Å². The summed E-state index contributed by atoms with van der Waals surface area (Å²) in [5.74, 6) is 0.191. The topological polar surface area (TPSA) is 75.1 Å². The first-order chi connectivity index (χ1) is 11.9. The first kappa shape index (κ1) is 24.7. The Kier molecular flexibility index (Phi) is 12.3. The van der Waals surface area contributed by atoms with Crippen LogP contribution in [0.5, 0.6) is 5.75 Å². The lowest BCUT2D eigenvalue weighted by atomic mass is 10.1. The van der Waals surface area contributed by atoms with Crippen LogP contribution in [0.3, 0.4) is 0 Å². The molecule has 1 atom stereocenters. The van der Waals surface area contributed by atoms with Gasteiger partial charge < -0.3 is 25.2 Å². The summed E-state index contributed by atoms with van der Waals surface area (Å²) in [6.45, 7) is 6.26. The van der Waals surface area contributed by atoms with Crippen LogP contribution in [0.25, 0.3) is 0 Å². The third-order valence-electron chi connectivity index (χ3n) is 3.01. The number of nitrogens with zero attached hydrogens (tertiary/aromatic N) is 1. The van der Waals surface area contributed by atoms with E-state index in [4.69, 9.17) is 4.74 Å². The molecule has 1 aromatic rings. The molecular formula is C16H25F3IN3O3. The molecule has 1 unspecified atom stereocenters. The Bertz CT molecular complexity index is 528. The van der Waals surface area contributed by atoms with Crippen LogP contribution in [0.4, 0.5) is 13.2 Å². The minimum atomic E-state index is -4.74. The maximum absolute atomic E-state index is 12.1. The number of rotatable bonds is 9. The van der Waals surface area contributed by atoms with Crippen LogP contribution in [0.1, 0.15) is 25.5 Å². The number of aliphatic imine (C=N–C) groups is 1. The lowest BCUT2D eigenvalue weighted by Crippen LogP contribution is -2.39. The molecule has 6 nitrogen and oxygen atoms in total. The van der Waals surface area contributed by atoms with Gasteiger partial charge in [0.25, 0.3) is 0 Å². The molecule has 0 radical (unpaired) electrons. The molecule has 0 spiro atoms. The Labute approximate surface area is 168 Å². The predicted octanol–water partition coefficient (Wildman–Crippen LogP) is 2.83. The standard InChI is InChI=1S/C16H24F3N3O3.HI/c1-3-20-15(21-9-10-24-4-2)22-11-14(23)12-5-7-13(8-6-12)25-16(17,18)19;/h5-8,14,23H,3-4,9-11H2,1-2H3,(H2,20,21,22);1H. The normalized spacial score (nSPS) is 12.9. The highest BCUT2D eigenvalue weighted by Gasteiger charge is 2.31. The van der Waals surface area contributed by atoms with Crippen molar-refractivity contribution in [2.24, 2.45) is 4.99 Å². The summed E-state index contributed by atoms with van der Waals surface area (Å²) >= 11 is 0. The minimum Gasteiger partial charge on any atom is -0.406 e. The molecule has 0 aliphatic heterocycles. The minimum absolute atomic E-state index is 0. The number of benzene rings is 1. The maximum atomic E-state index is 12.1. The molecular weight excluding hydrogens is 466 g/mol. The molecule has 0 heterocycles. The van der Waals surface area contributed by atoms with Crippen LogP contribution in [-0.2, 0) is 4.74 Å². The fourth-order valence-corrected chi connectivity index (χ4v) is 1.90. The molecule has 0 aliphatic carbocycles. The van der Waals surface area contributed by atoms with Crippen LogP contribution in [0.2, 0.25) is 0 Å². The fourth-order valence-electron chi connectivity index (χ4n) is 1.90. The van der Waals surface area contributed by atoms with Gasteiger partial charge in [-0.25, -0.2) is 0 Å². The number of aliphatic hydroxyl groups excluding tert-OH is 1. The number of hydrogen-bond donors (Lipinski definition) is 3. The predicted molar refractivity (Wildman–Crippen MR) is 104 cm³/mol. The van der Waals surface area contributed by atoms with Crippen molar-refractivity contribution in [2.45, 2.75) is 26.3 Å². The van der Waals surface area contributed by atoms with E-state index in [1.165, 1.54) is 12.1 Å². The molecule has 150 valence electrons. The number of hydrogen-bond acceptors (Lipinski definition) is 4. The molecule has 26 heavy (non-hydrogen) atoms. The number of alkyl halides is 3. The average molecular weight is 491 g/mol. The molecule has 10 heteroatoms. The summed E-state index contributed by atoms with van der Waals surface area (Å²) in [4.78, 5) is 4.25. The SMILES string of the molecule is CCNC(=NCC(O)c1ccc(OC(F)(F)F)cc1)NCCOCC.I. The van der Waals surface area contributed by atoms with Gasteiger partial charge in [-0.2, -0.15) is 0 Å². The van der Waals surface area contributed by atoms with Crippen LogP contribution in [-0.4, -0.2) is 50.3 Å². The molecule has 0 aromatic heterocycles. The Hall–Kier alpha value is -1.27. The molecule has 0 saturated carbocycles. The third kappa shape index (κ3) is 10.7. The summed E-state index contributed by atoms with van der Waals surface area (Å²) in [5.41, 5.74) is 0.448. The molecule has 0 fully saturated rings. The van der Waals surface area contributed by atoms with Crippen LogP contribution in [0.15, 0.2) is 29.3 Å². The van der Waals surface area contributed by atoms with Gasteiger partial charge in [0, 0.05) is 19.7 Å². The van der Waals surface area contributed by atoms with Crippen LogP contribution < -0.4 is 15.4 Å². The van der Waals surface area contributed by atoms with Gasteiger partial charge in [0.1, 0.15) is 5.75 Å². The van der Waals surface area contributed by atoms with Crippen LogP contribution in [0, 0.1) is 0 Å². The zero-order chi connectivity index (χ0) is 18.7. The highest BCUT2D eigenvalue weighted by atomic mass is 127. The van der Waals surface area contributed by atoms with Crippen molar-refractivity contribution in [3.63, 3.8) is 0 Å². The first-order valence-corrected chi connectivity index (χ1v) is 7.99. The molecule has 3 N–H and O–H groups in total. The zero-order valence-electron chi connectivity index (χ0n) is 14.7. The van der Waals surface area contributed by atoms with Crippen molar-refractivity contribution in [3.8, 4) is 5.75 Å². The lowest BCUT2D eigenvalue weighted by molar-refractivity contribution is -0.274. The molecule has 0 saturated heterocycles. The van der Waals surface area contributed by atoms with Crippen molar-refractivity contribution in [1.82, 2.24) is 10.6 Å². The second kappa shape index (κ2) is 13.0. The maximum Gasteiger partial charge on any atom is 0.573 e. The largest absolute Gasteiger partial charge is 0.573 e. The van der Waals surface area contributed by atoms with E-state index in [1.54, 1.807) is 0 Å². The Morgan fingerprint density at radius 3 is 2.38 bits per heavy atom. The number of aliphatic hydroxyl groups is 1. The first-order valence-electron chi connectivity index (χ1n) is 7.99. The highest BCUT2D eigenvalue weighted by molar-refractivity contribution is 14.0. The number of halogens is 4. The molecule has 1 aromatic carbocycles. The van der Waals surface area contributed by atoms with Gasteiger partial charge in [-0.05, 0) is 31.5 Å². The Balaban J connectivity index is 0.00000625.